The van der Waals surface area contributed by atoms with E-state index in [-0.39, 0.29) is 17.8 Å². The topological polar surface area (TPSA) is 67.6 Å². The molecule has 0 spiro atoms. The van der Waals surface area contributed by atoms with Crippen molar-refractivity contribution >= 4 is 17.4 Å². The summed E-state index contributed by atoms with van der Waals surface area (Å²) in [5.41, 5.74) is 9.71. The van der Waals surface area contributed by atoms with Gasteiger partial charge in [-0.25, -0.2) is 4.79 Å². The van der Waals surface area contributed by atoms with E-state index in [0.29, 0.717) is 19.2 Å². The van der Waals surface area contributed by atoms with E-state index >= 15 is 0 Å². The first kappa shape index (κ1) is 19.1. The Morgan fingerprint density at radius 3 is 2.63 bits per heavy atom. The Hall–Kier alpha value is -2.67. The summed E-state index contributed by atoms with van der Waals surface area (Å²) < 4.78 is 30.3. The lowest BCUT2D eigenvalue weighted by Gasteiger charge is -2.33. The predicted octanol–water partition coefficient (Wildman–Crippen LogP) is 4.16. The molecule has 3 rings (SSSR count). The second kappa shape index (κ2) is 7.52. The third kappa shape index (κ3) is 4.74. The first-order chi connectivity index (χ1) is 12.7. The molecule has 1 aliphatic heterocycles. The summed E-state index contributed by atoms with van der Waals surface area (Å²) in [6, 6.07) is 11.4. The number of fused-ring (bicyclic) bond motifs is 1. The minimum atomic E-state index is -3.25. The van der Waals surface area contributed by atoms with Gasteiger partial charge in [0, 0.05) is 30.9 Å². The number of ether oxygens (including phenoxy) is 1. The highest BCUT2D eigenvalue weighted by Crippen LogP contribution is 2.29. The average molecular weight is 375 g/mol. The Balaban J connectivity index is 1.75. The van der Waals surface area contributed by atoms with E-state index in [4.69, 9.17) is 5.73 Å². The van der Waals surface area contributed by atoms with Crippen LogP contribution < -0.4 is 20.7 Å². The van der Waals surface area contributed by atoms with Crippen molar-refractivity contribution in [3.63, 3.8) is 0 Å². The van der Waals surface area contributed by atoms with E-state index in [2.05, 4.69) is 23.0 Å². The molecule has 2 amide bonds. The molecular formula is C20H23F2N3O2. The highest BCUT2D eigenvalue weighted by molar-refractivity contribution is 6.02. The van der Waals surface area contributed by atoms with E-state index in [1.807, 2.05) is 12.1 Å². The molecule has 144 valence electrons. The minimum Gasteiger partial charge on any atom is -0.433 e. The molecule has 0 saturated carbocycles. The predicted molar refractivity (Wildman–Crippen MR) is 102 cm³/mol. The molecule has 0 aliphatic carbocycles. The molecular weight excluding hydrogens is 352 g/mol. The smallest absolute Gasteiger partial charge is 0.394 e. The number of amides is 2. The molecule has 0 fully saturated rings. The fourth-order valence-electron chi connectivity index (χ4n) is 3.16. The van der Waals surface area contributed by atoms with E-state index in [9.17, 15) is 13.6 Å². The Morgan fingerprint density at radius 1 is 1.30 bits per heavy atom. The summed E-state index contributed by atoms with van der Waals surface area (Å²) in [5, 5.41) is 2.78. The van der Waals surface area contributed by atoms with Gasteiger partial charge in [-0.05, 0) is 54.3 Å². The highest BCUT2D eigenvalue weighted by Gasteiger charge is 2.27. The van der Waals surface area contributed by atoms with Crippen LogP contribution in [0.4, 0.5) is 25.0 Å². The van der Waals surface area contributed by atoms with Crippen molar-refractivity contribution in [1.29, 1.82) is 0 Å². The SMILES string of the molecule is CCc1ccc2c(c1)CC(N)CN2C(=O)Nc1ccc(OC(C)(F)F)cc1. The Bertz CT molecular complexity index is 819. The second-order valence-electron chi connectivity index (χ2n) is 6.76. The van der Waals surface area contributed by atoms with Gasteiger partial charge in [0.2, 0.25) is 0 Å². The average Bonchev–Trinajstić information content (AvgIpc) is 2.60. The first-order valence-corrected chi connectivity index (χ1v) is 8.88. The lowest BCUT2D eigenvalue weighted by molar-refractivity contribution is -0.158. The molecule has 0 aromatic heterocycles. The van der Waals surface area contributed by atoms with Gasteiger partial charge in [0.1, 0.15) is 5.75 Å². The van der Waals surface area contributed by atoms with Gasteiger partial charge in [-0.1, -0.05) is 19.1 Å². The monoisotopic (exact) mass is 375 g/mol. The zero-order chi connectivity index (χ0) is 19.6. The van der Waals surface area contributed by atoms with Crippen LogP contribution in [0.2, 0.25) is 0 Å². The van der Waals surface area contributed by atoms with Crippen LogP contribution in [0.15, 0.2) is 42.5 Å². The maximum atomic E-state index is 12.9. The van der Waals surface area contributed by atoms with Crippen LogP contribution in [0.5, 0.6) is 5.75 Å². The molecule has 27 heavy (non-hydrogen) atoms. The largest absolute Gasteiger partial charge is 0.433 e. The Kier molecular flexibility index (Phi) is 5.32. The molecule has 7 heteroatoms. The maximum Gasteiger partial charge on any atom is 0.394 e. The van der Waals surface area contributed by atoms with Crippen LogP contribution in [0.3, 0.4) is 0 Å². The third-order valence-corrected chi connectivity index (χ3v) is 4.39. The number of benzene rings is 2. The lowest BCUT2D eigenvalue weighted by Crippen LogP contribution is -2.47. The fraction of sp³-hybridized carbons (Fsp3) is 0.350. The zero-order valence-corrected chi connectivity index (χ0v) is 15.3. The van der Waals surface area contributed by atoms with Gasteiger partial charge < -0.3 is 15.8 Å². The van der Waals surface area contributed by atoms with Crippen molar-refractivity contribution in [2.45, 2.75) is 38.8 Å². The van der Waals surface area contributed by atoms with Crippen molar-refractivity contribution in [2.24, 2.45) is 5.73 Å². The zero-order valence-electron chi connectivity index (χ0n) is 15.3. The fourth-order valence-corrected chi connectivity index (χ4v) is 3.16. The summed E-state index contributed by atoms with van der Waals surface area (Å²) in [6.07, 6.45) is -1.61. The van der Waals surface area contributed by atoms with Crippen LogP contribution >= 0.6 is 0 Å². The lowest BCUT2D eigenvalue weighted by atomic mass is 9.96. The maximum absolute atomic E-state index is 12.9. The van der Waals surface area contributed by atoms with E-state index in [1.165, 1.54) is 29.8 Å². The number of halogens is 2. The molecule has 2 aromatic carbocycles. The molecule has 1 unspecified atom stereocenters. The summed E-state index contributed by atoms with van der Waals surface area (Å²) >= 11 is 0. The Morgan fingerprint density at radius 2 is 2.00 bits per heavy atom. The minimum absolute atomic E-state index is 0.0259. The Labute approximate surface area is 157 Å². The van der Waals surface area contributed by atoms with E-state index in [1.54, 1.807) is 4.90 Å². The van der Waals surface area contributed by atoms with Gasteiger partial charge in [-0.2, -0.15) is 8.78 Å². The van der Waals surface area contributed by atoms with Crippen LogP contribution in [0.1, 0.15) is 25.0 Å². The first-order valence-electron chi connectivity index (χ1n) is 8.88. The third-order valence-electron chi connectivity index (χ3n) is 4.39. The molecule has 3 N–H and O–H groups in total. The quantitative estimate of drug-likeness (QED) is 0.843. The normalized spacial score (nSPS) is 16.6. The van der Waals surface area contributed by atoms with Crippen molar-refractivity contribution in [1.82, 2.24) is 0 Å². The van der Waals surface area contributed by atoms with Crippen LogP contribution in [-0.4, -0.2) is 24.7 Å². The van der Waals surface area contributed by atoms with Gasteiger partial charge in [-0.3, -0.25) is 4.90 Å². The second-order valence-corrected chi connectivity index (χ2v) is 6.76. The van der Waals surface area contributed by atoms with Gasteiger partial charge in [0.15, 0.2) is 0 Å². The van der Waals surface area contributed by atoms with Gasteiger partial charge in [0.05, 0.1) is 0 Å². The number of hydrogen-bond donors (Lipinski definition) is 2. The van der Waals surface area contributed by atoms with Gasteiger partial charge >= 0.3 is 12.1 Å². The summed E-state index contributed by atoms with van der Waals surface area (Å²) in [6.45, 7) is 3.16. The van der Waals surface area contributed by atoms with E-state index in [0.717, 1.165) is 24.1 Å². The summed E-state index contributed by atoms with van der Waals surface area (Å²) in [4.78, 5) is 14.4. The number of alkyl halides is 2. The molecule has 0 radical (unpaired) electrons. The number of carbonyl (C=O) groups is 1. The standard InChI is InChI=1S/C20H23F2N3O2/c1-3-13-4-9-18-14(10-13)11-15(23)12-25(18)19(26)24-16-5-7-17(8-6-16)27-20(2,21)22/h4-10,15H,3,11-12,23H2,1-2H3,(H,24,26). The number of carbonyl (C=O) groups excluding carboxylic acids is 1. The number of rotatable bonds is 4. The summed E-state index contributed by atoms with van der Waals surface area (Å²) in [7, 11) is 0. The number of nitrogens with two attached hydrogens (primary N) is 1. The van der Waals surface area contributed by atoms with Crippen molar-refractivity contribution in [2.75, 3.05) is 16.8 Å². The number of aryl methyl sites for hydroxylation is 1. The number of nitrogens with zero attached hydrogens (tertiary/aromatic N) is 1. The number of hydrogen-bond acceptors (Lipinski definition) is 3. The van der Waals surface area contributed by atoms with Crippen LogP contribution in [0.25, 0.3) is 0 Å². The van der Waals surface area contributed by atoms with Crippen molar-refractivity contribution < 1.29 is 18.3 Å². The van der Waals surface area contributed by atoms with Crippen molar-refractivity contribution in [3.8, 4) is 5.75 Å². The van der Waals surface area contributed by atoms with Gasteiger partial charge in [0.25, 0.3) is 0 Å². The molecule has 1 atom stereocenters. The number of nitrogens with one attached hydrogen (secondary N) is 1. The van der Waals surface area contributed by atoms with Crippen LogP contribution in [0, 0.1) is 0 Å². The van der Waals surface area contributed by atoms with Gasteiger partial charge in [-0.15, -0.1) is 0 Å². The molecule has 2 aromatic rings. The van der Waals surface area contributed by atoms with Crippen LogP contribution in [-0.2, 0) is 12.8 Å². The summed E-state index contributed by atoms with van der Waals surface area (Å²) in [5.74, 6) is 0.0259. The molecule has 5 nitrogen and oxygen atoms in total. The highest BCUT2D eigenvalue weighted by atomic mass is 19.3. The molecule has 1 heterocycles. The molecule has 1 aliphatic rings. The molecule has 0 bridgehead atoms. The van der Waals surface area contributed by atoms with Crippen molar-refractivity contribution in [3.05, 3.63) is 53.6 Å². The molecule has 0 saturated heterocycles. The number of anilines is 2. The number of urea groups is 1. The van der Waals surface area contributed by atoms with E-state index < -0.39 is 6.11 Å².